The Balaban J connectivity index is 1.77. The number of nitriles is 1. The van der Waals surface area contributed by atoms with Crippen molar-refractivity contribution in [3.05, 3.63) is 52.0 Å². The molecule has 0 aliphatic heterocycles. The first kappa shape index (κ1) is 14.9. The van der Waals surface area contributed by atoms with Gasteiger partial charge in [0.25, 0.3) is 11.5 Å². The molecular formula is C17H14F2N4O. The molecule has 2 aromatic rings. The number of nitrogens with zero attached hydrogens (tertiary/aromatic N) is 4. The predicted molar refractivity (Wildman–Crippen MR) is 81.0 cm³/mol. The van der Waals surface area contributed by atoms with Crippen LogP contribution in [-0.2, 0) is 0 Å². The van der Waals surface area contributed by atoms with Crippen molar-refractivity contribution in [3.63, 3.8) is 0 Å². The van der Waals surface area contributed by atoms with E-state index in [1.54, 1.807) is 13.0 Å². The zero-order valence-electron chi connectivity index (χ0n) is 12.9. The summed E-state index contributed by atoms with van der Waals surface area (Å²) in [5, 5.41) is 8.84. The molecule has 0 bridgehead atoms. The smallest absolute Gasteiger partial charge is 0.258 e. The molecule has 3 atom stereocenters. The standard InChI is InChI=1S/C17H14F2N4O/c1-9-4-15(24)23(12-3-2-11(7-20)21-8-12)16(22-9)10-5-13-14(6-10)17(13,18)19/h2-4,8,10,13-14H,5-6H2,1H3/t10-,13+,14-. The number of fused-ring (bicyclic) bond motifs is 1. The summed E-state index contributed by atoms with van der Waals surface area (Å²) >= 11 is 0. The van der Waals surface area contributed by atoms with E-state index in [-0.39, 0.29) is 17.2 Å². The fraction of sp³-hybridized carbons (Fsp3) is 0.412. The van der Waals surface area contributed by atoms with Crippen molar-refractivity contribution >= 4 is 0 Å². The second-order valence-electron chi connectivity index (χ2n) is 6.50. The van der Waals surface area contributed by atoms with Crippen LogP contribution in [0.2, 0.25) is 0 Å². The minimum absolute atomic E-state index is 0.164. The van der Waals surface area contributed by atoms with E-state index >= 15 is 0 Å². The topological polar surface area (TPSA) is 71.6 Å². The molecule has 0 amide bonds. The summed E-state index contributed by atoms with van der Waals surface area (Å²) in [7, 11) is 0. The first-order chi connectivity index (χ1) is 11.4. The van der Waals surface area contributed by atoms with Crippen LogP contribution in [0.4, 0.5) is 8.78 Å². The Kier molecular flexibility index (Phi) is 3.07. The van der Waals surface area contributed by atoms with Crippen molar-refractivity contribution in [2.75, 3.05) is 0 Å². The van der Waals surface area contributed by atoms with Gasteiger partial charge in [0.15, 0.2) is 0 Å². The molecule has 2 aliphatic carbocycles. The second-order valence-corrected chi connectivity index (χ2v) is 6.50. The van der Waals surface area contributed by atoms with Crippen molar-refractivity contribution in [3.8, 4) is 11.8 Å². The van der Waals surface area contributed by atoms with Gasteiger partial charge in [0, 0.05) is 29.5 Å². The molecule has 24 heavy (non-hydrogen) atoms. The summed E-state index contributed by atoms with van der Waals surface area (Å²) in [4.78, 5) is 20.9. The predicted octanol–water partition coefficient (Wildman–Crippen LogP) is 2.57. The van der Waals surface area contributed by atoms with Crippen molar-refractivity contribution in [1.29, 1.82) is 5.26 Å². The van der Waals surface area contributed by atoms with Crippen LogP contribution in [0, 0.1) is 30.1 Å². The van der Waals surface area contributed by atoms with Crippen molar-refractivity contribution < 1.29 is 8.78 Å². The fourth-order valence-corrected chi connectivity index (χ4v) is 3.76. The first-order valence-electron chi connectivity index (χ1n) is 7.76. The number of rotatable bonds is 2. The minimum atomic E-state index is -2.55. The number of hydrogen-bond acceptors (Lipinski definition) is 4. The molecule has 2 aromatic heterocycles. The van der Waals surface area contributed by atoms with E-state index < -0.39 is 17.8 Å². The maximum atomic E-state index is 13.5. The highest BCUT2D eigenvalue weighted by atomic mass is 19.3. The number of halogens is 2. The molecule has 0 spiro atoms. The van der Waals surface area contributed by atoms with E-state index in [2.05, 4.69) is 9.97 Å². The Bertz CT molecular complexity index is 900. The Morgan fingerprint density at radius 1 is 1.33 bits per heavy atom. The summed E-state index contributed by atoms with van der Waals surface area (Å²) in [6.45, 7) is 1.72. The summed E-state index contributed by atoms with van der Waals surface area (Å²) in [6, 6.07) is 6.47. The van der Waals surface area contributed by atoms with Gasteiger partial charge >= 0.3 is 0 Å². The van der Waals surface area contributed by atoms with Gasteiger partial charge in [-0.1, -0.05) is 0 Å². The van der Waals surface area contributed by atoms with Crippen LogP contribution < -0.4 is 5.56 Å². The van der Waals surface area contributed by atoms with Crippen molar-refractivity contribution in [2.45, 2.75) is 31.6 Å². The molecule has 0 saturated heterocycles. The zero-order chi connectivity index (χ0) is 17.1. The fourth-order valence-electron chi connectivity index (χ4n) is 3.76. The lowest BCUT2D eigenvalue weighted by Crippen LogP contribution is -2.26. The summed E-state index contributed by atoms with van der Waals surface area (Å²) in [5.41, 5.74) is 1.04. The van der Waals surface area contributed by atoms with Crippen molar-refractivity contribution in [2.24, 2.45) is 11.8 Å². The summed E-state index contributed by atoms with van der Waals surface area (Å²) < 4.78 is 28.4. The molecule has 2 aliphatic rings. The van der Waals surface area contributed by atoms with Gasteiger partial charge in [-0.25, -0.2) is 18.7 Å². The third-order valence-electron chi connectivity index (χ3n) is 5.00. The molecule has 0 aromatic carbocycles. The van der Waals surface area contributed by atoms with Gasteiger partial charge in [0.05, 0.1) is 11.9 Å². The molecule has 122 valence electrons. The normalized spacial score (nSPS) is 26.7. The van der Waals surface area contributed by atoms with Gasteiger partial charge in [0.1, 0.15) is 17.6 Å². The van der Waals surface area contributed by atoms with Crippen LogP contribution in [0.15, 0.2) is 29.2 Å². The SMILES string of the molecule is Cc1cc(=O)n(-c2ccc(C#N)nc2)c([C@H]2C[C@@H]3[C@H](C2)C3(F)F)n1. The average Bonchev–Trinajstić information content (AvgIpc) is 2.91. The minimum Gasteiger partial charge on any atom is -0.269 e. The van der Waals surface area contributed by atoms with E-state index in [0.717, 1.165) is 0 Å². The number of hydrogen-bond donors (Lipinski definition) is 0. The van der Waals surface area contributed by atoms with Gasteiger partial charge in [-0.2, -0.15) is 5.26 Å². The molecule has 0 radical (unpaired) electrons. The summed E-state index contributed by atoms with van der Waals surface area (Å²) in [6.07, 6.45) is 2.12. The van der Waals surface area contributed by atoms with E-state index in [1.807, 2.05) is 6.07 Å². The second kappa shape index (κ2) is 4.94. The van der Waals surface area contributed by atoms with Gasteiger partial charge in [-0.05, 0) is 31.9 Å². The van der Waals surface area contributed by atoms with Gasteiger partial charge in [-0.3, -0.25) is 9.36 Å². The van der Waals surface area contributed by atoms with Crippen LogP contribution in [0.1, 0.15) is 36.0 Å². The zero-order valence-corrected chi connectivity index (χ0v) is 12.9. The van der Waals surface area contributed by atoms with Crippen LogP contribution in [0.5, 0.6) is 0 Å². The van der Waals surface area contributed by atoms with Crippen LogP contribution in [-0.4, -0.2) is 20.5 Å². The van der Waals surface area contributed by atoms with Crippen molar-refractivity contribution in [1.82, 2.24) is 14.5 Å². The Hall–Kier alpha value is -2.62. The lowest BCUT2D eigenvalue weighted by Gasteiger charge is -2.19. The molecule has 4 rings (SSSR count). The monoisotopic (exact) mass is 328 g/mol. The highest BCUT2D eigenvalue weighted by Crippen LogP contribution is 2.67. The number of aromatic nitrogens is 3. The number of pyridine rings is 1. The Morgan fingerprint density at radius 2 is 2.04 bits per heavy atom. The van der Waals surface area contributed by atoms with E-state index in [0.29, 0.717) is 30.0 Å². The van der Waals surface area contributed by atoms with Crippen LogP contribution >= 0.6 is 0 Å². The third kappa shape index (κ3) is 2.13. The third-order valence-corrected chi connectivity index (χ3v) is 5.00. The summed E-state index contributed by atoms with van der Waals surface area (Å²) in [5.74, 6) is -3.39. The van der Waals surface area contributed by atoms with Gasteiger partial charge < -0.3 is 0 Å². The Labute approximate surface area is 136 Å². The van der Waals surface area contributed by atoms with E-state index in [1.165, 1.54) is 22.9 Å². The molecule has 0 unspecified atom stereocenters. The lowest BCUT2D eigenvalue weighted by molar-refractivity contribution is 0.0689. The molecule has 0 N–H and O–H groups in total. The molecule has 2 fully saturated rings. The van der Waals surface area contributed by atoms with Crippen LogP contribution in [0.25, 0.3) is 5.69 Å². The van der Waals surface area contributed by atoms with Gasteiger partial charge in [-0.15, -0.1) is 0 Å². The largest absolute Gasteiger partial charge is 0.269 e. The lowest BCUT2D eigenvalue weighted by atomic mass is 10.0. The average molecular weight is 328 g/mol. The Morgan fingerprint density at radius 3 is 2.62 bits per heavy atom. The molecule has 7 heteroatoms. The molecule has 2 saturated carbocycles. The van der Waals surface area contributed by atoms with E-state index in [9.17, 15) is 13.6 Å². The number of alkyl halides is 2. The molecule has 5 nitrogen and oxygen atoms in total. The highest BCUT2D eigenvalue weighted by Gasteiger charge is 2.71. The van der Waals surface area contributed by atoms with Crippen LogP contribution in [0.3, 0.4) is 0 Å². The number of aryl methyl sites for hydroxylation is 1. The van der Waals surface area contributed by atoms with Gasteiger partial charge in [0.2, 0.25) is 0 Å². The quantitative estimate of drug-likeness (QED) is 0.849. The maximum Gasteiger partial charge on any atom is 0.258 e. The van der Waals surface area contributed by atoms with E-state index in [4.69, 9.17) is 5.26 Å². The highest BCUT2D eigenvalue weighted by molar-refractivity contribution is 5.36. The first-order valence-corrected chi connectivity index (χ1v) is 7.76. The molecule has 2 heterocycles. The molecular weight excluding hydrogens is 314 g/mol. The maximum absolute atomic E-state index is 13.5.